The first-order valence-corrected chi connectivity index (χ1v) is 6.03. The molecule has 14 heteroatoms. The van der Waals surface area contributed by atoms with Gasteiger partial charge in [-0.05, 0) is 0 Å². The van der Waals surface area contributed by atoms with Gasteiger partial charge in [-0.2, -0.15) is 0 Å². The molecule has 1 fully saturated rings. The molecule has 14 nitrogen and oxygen atoms in total. The van der Waals surface area contributed by atoms with Gasteiger partial charge in [0.1, 0.15) is 18.8 Å². The second-order valence-corrected chi connectivity index (χ2v) is 4.39. The third-order valence-corrected chi connectivity index (χ3v) is 2.99. The van der Waals surface area contributed by atoms with Crippen LogP contribution in [0.15, 0.2) is 21.9 Å². The smallest absolute Gasteiger partial charge is 0.330 e. The van der Waals surface area contributed by atoms with Crippen LogP contribution in [0, 0.1) is 20.2 Å². The van der Waals surface area contributed by atoms with Crippen LogP contribution in [-0.4, -0.2) is 49.7 Å². The molecule has 1 aromatic heterocycles. The Morgan fingerprint density at radius 1 is 1.35 bits per heavy atom. The van der Waals surface area contributed by atoms with Crippen molar-refractivity contribution >= 4 is 0 Å². The van der Waals surface area contributed by atoms with Crippen molar-refractivity contribution in [2.75, 3.05) is 6.61 Å². The quantitative estimate of drug-likeness (QED) is 0.418. The molecule has 1 saturated heterocycles. The standard InChI is InChI=1S/C9H10N4O10/c14-5-1-2-11(9(16)10-5)8-6(15)7(23-13(19)20)4(22-8)3-21-12(17)18/h1-2,4,6-8,15H,3H2,(H,10,14,16)/t4-,6-,7-,8-/m1/s1. The van der Waals surface area contributed by atoms with E-state index in [1.54, 1.807) is 0 Å². The predicted octanol–water partition coefficient (Wildman–Crippen LogP) is -2.42. The van der Waals surface area contributed by atoms with E-state index >= 15 is 0 Å². The summed E-state index contributed by atoms with van der Waals surface area (Å²) in [5.74, 6) is 0. The average molecular weight is 334 g/mol. The molecule has 0 saturated carbocycles. The number of nitrogens with one attached hydrogen (secondary N) is 1. The molecule has 0 radical (unpaired) electrons. The minimum absolute atomic E-state index is 0.704. The SMILES string of the molecule is O=c1ccn([C@@H]2O[C@H](CO[N+](=O)[O-])[C@@H](O[N+](=O)[O-])[C@H]2O)c(=O)[nH]1. The first kappa shape index (κ1) is 16.4. The lowest BCUT2D eigenvalue weighted by atomic mass is 10.1. The molecule has 2 N–H and O–H groups in total. The van der Waals surface area contributed by atoms with E-state index in [-0.39, 0.29) is 0 Å². The van der Waals surface area contributed by atoms with Gasteiger partial charge < -0.3 is 19.5 Å². The van der Waals surface area contributed by atoms with E-state index < -0.39 is 52.6 Å². The van der Waals surface area contributed by atoms with Crippen LogP contribution in [-0.2, 0) is 14.4 Å². The van der Waals surface area contributed by atoms with Crippen LogP contribution < -0.4 is 11.2 Å². The van der Waals surface area contributed by atoms with Crippen LogP contribution >= 0.6 is 0 Å². The minimum Gasteiger partial charge on any atom is -0.386 e. The summed E-state index contributed by atoms with van der Waals surface area (Å²) in [6.07, 6.45) is -5.22. The van der Waals surface area contributed by atoms with Crippen molar-refractivity contribution in [3.63, 3.8) is 0 Å². The molecule has 0 unspecified atom stereocenters. The Morgan fingerprint density at radius 2 is 2.04 bits per heavy atom. The van der Waals surface area contributed by atoms with Gasteiger partial charge in [0.25, 0.3) is 15.7 Å². The number of aliphatic hydroxyl groups excluding tert-OH is 1. The summed E-state index contributed by atoms with van der Waals surface area (Å²) in [6.45, 7) is -0.767. The van der Waals surface area contributed by atoms with E-state index in [0.717, 1.165) is 16.8 Å². The summed E-state index contributed by atoms with van der Waals surface area (Å²) < 4.78 is 5.93. The Balaban J connectivity index is 2.27. The fourth-order valence-electron chi connectivity index (χ4n) is 2.08. The molecule has 4 atom stereocenters. The highest BCUT2D eigenvalue weighted by molar-refractivity contribution is 4.93. The van der Waals surface area contributed by atoms with Gasteiger partial charge in [-0.25, -0.2) is 4.79 Å². The van der Waals surface area contributed by atoms with E-state index in [1.807, 2.05) is 4.98 Å². The lowest BCUT2D eigenvalue weighted by Gasteiger charge is -2.17. The highest BCUT2D eigenvalue weighted by atomic mass is 17.0. The highest BCUT2D eigenvalue weighted by Crippen LogP contribution is 2.30. The summed E-state index contributed by atoms with van der Waals surface area (Å²) in [4.78, 5) is 53.6. The lowest BCUT2D eigenvalue weighted by Crippen LogP contribution is -2.40. The third-order valence-electron chi connectivity index (χ3n) is 2.99. The maximum atomic E-state index is 11.7. The zero-order chi connectivity index (χ0) is 17.1. The third kappa shape index (κ3) is 3.61. The van der Waals surface area contributed by atoms with E-state index in [9.17, 15) is 34.9 Å². The van der Waals surface area contributed by atoms with E-state index in [2.05, 4.69) is 9.68 Å². The van der Waals surface area contributed by atoms with Gasteiger partial charge in [-0.3, -0.25) is 14.3 Å². The van der Waals surface area contributed by atoms with Gasteiger partial charge in [0.15, 0.2) is 12.3 Å². The number of aromatic amines is 1. The molecule has 0 bridgehead atoms. The second-order valence-electron chi connectivity index (χ2n) is 4.39. The average Bonchev–Trinajstić information content (AvgIpc) is 2.73. The van der Waals surface area contributed by atoms with Crippen LogP contribution in [0.3, 0.4) is 0 Å². The van der Waals surface area contributed by atoms with Crippen molar-refractivity contribution < 1.29 is 29.7 Å². The fraction of sp³-hybridized carbons (Fsp3) is 0.556. The van der Waals surface area contributed by atoms with Crippen LogP contribution in [0.5, 0.6) is 0 Å². The normalized spacial score (nSPS) is 26.7. The molecule has 23 heavy (non-hydrogen) atoms. The summed E-state index contributed by atoms with van der Waals surface area (Å²) in [6, 6.07) is 0.960. The van der Waals surface area contributed by atoms with Crippen molar-refractivity contribution in [3.05, 3.63) is 53.3 Å². The topological polar surface area (TPSA) is 189 Å². The Kier molecular flexibility index (Phi) is 4.56. The first-order valence-electron chi connectivity index (χ1n) is 6.03. The Morgan fingerprint density at radius 3 is 2.61 bits per heavy atom. The molecule has 1 aromatic rings. The van der Waals surface area contributed by atoms with Crippen LogP contribution in [0.1, 0.15) is 6.23 Å². The number of hydrogen-bond acceptors (Lipinski definition) is 10. The molecule has 0 spiro atoms. The van der Waals surface area contributed by atoms with Crippen molar-refractivity contribution in [2.45, 2.75) is 24.5 Å². The van der Waals surface area contributed by atoms with Gasteiger partial charge in [0.2, 0.25) is 0 Å². The van der Waals surface area contributed by atoms with Gasteiger partial charge in [-0.15, -0.1) is 20.2 Å². The molecule has 1 aliphatic rings. The molecule has 0 amide bonds. The van der Waals surface area contributed by atoms with Crippen molar-refractivity contribution in [2.24, 2.45) is 0 Å². The van der Waals surface area contributed by atoms with E-state index in [4.69, 9.17) is 4.74 Å². The van der Waals surface area contributed by atoms with Gasteiger partial charge in [-0.1, -0.05) is 0 Å². The molecular weight excluding hydrogens is 324 g/mol. The maximum absolute atomic E-state index is 11.7. The number of H-pyrrole nitrogens is 1. The molecule has 2 heterocycles. The predicted molar refractivity (Wildman–Crippen MR) is 66.1 cm³/mol. The van der Waals surface area contributed by atoms with Gasteiger partial charge in [0, 0.05) is 12.3 Å². The molecule has 0 aliphatic carbocycles. The van der Waals surface area contributed by atoms with Crippen LogP contribution in [0.25, 0.3) is 0 Å². The zero-order valence-electron chi connectivity index (χ0n) is 11.1. The molecule has 126 valence electrons. The fourth-order valence-corrected chi connectivity index (χ4v) is 2.08. The van der Waals surface area contributed by atoms with Gasteiger partial charge in [0.05, 0.1) is 0 Å². The summed E-state index contributed by atoms with van der Waals surface area (Å²) >= 11 is 0. The van der Waals surface area contributed by atoms with Crippen molar-refractivity contribution in [1.29, 1.82) is 0 Å². The van der Waals surface area contributed by atoms with Crippen LogP contribution in [0.2, 0.25) is 0 Å². The summed E-state index contributed by atoms with van der Waals surface area (Å²) in [5, 5.41) is 28.4. The molecule has 1 aliphatic heterocycles. The number of aliphatic hydroxyl groups is 1. The zero-order valence-corrected chi connectivity index (χ0v) is 11.1. The van der Waals surface area contributed by atoms with Crippen molar-refractivity contribution in [1.82, 2.24) is 9.55 Å². The second kappa shape index (κ2) is 6.41. The monoisotopic (exact) mass is 334 g/mol. The molecule has 2 rings (SSSR count). The summed E-state index contributed by atoms with van der Waals surface area (Å²) in [7, 11) is 0. The first-order chi connectivity index (χ1) is 10.8. The Bertz CT molecular complexity index is 713. The highest BCUT2D eigenvalue weighted by Gasteiger charge is 2.48. The van der Waals surface area contributed by atoms with E-state index in [0.29, 0.717) is 0 Å². The minimum atomic E-state index is -1.72. The van der Waals surface area contributed by atoms with Crippen molar-refractivity contribution in [3.8, 4) is 0 Å². The number of hydrogen-bond donors (Lipinski definition) is 2. The lowest BCUT2D eigenvalue weighted by molar-refractivity contribution is -0.776. The number of nitrogens with zero attached hydrogens (tertiary/aromatic N) is 3. The number of ether oxygens (including phenoxy) is 1. The Hall–Kier alpha value is -3.00. The largest absolute Gasteiger partial charge is 0.386 e. The van der Waals surface area contributed by atoms with Crippen LogP contribution in [0.4, 0.5) is 0 Å². The van der Waals surface area contributed by atoms with Gasteiger partial charge >= 0.3 is 5.69 Å². The maximum Gasteiger partial charge on any atom is 0.330 e. The van der Waals surface area contributed by atoms with E-state index in [1.165, 1.54) is 0 Å². The molecule has 0 aromatic carbocycles. The number of aromatic nitrogens is 2. The Labute approximate surface area is 125 Å². The number of rotatable bonds is 6. The molecular formula is C9H10N4O10. The summed E-state index contributed by atoms with van der Waals surface area (Å²) in [5.41, 5.74) is -1.65.